The summed E-state index contributed by atoms with van der Waals surface area (Å²) in [5, 5.41) is 0. The second-order valence-corrected chi connectivity index (χ2v) is 5.97. The lowest BCUT2D eigenvalue weighted by atomic mass is 9.93. The maximum Gasteiger partial charge on any atom is 0.126 e. The molecule has 2 nitrogen and oxygen atoms in total. The maximum absolute atomic E-state index is 14.1. The van der Waals surface area contributed by atoms with Gasteiger partial charge in [0.2, 0.25) is 0 Å². The minimum Gasteiger partial charge on any atom is -0.326 e. The molecule has 110 valence electrons. The molecule has 0 amide bonds. The van der Waals surface area contributed by atoms with Crippen molar-refractivity contribution >= 4 is 0 Å². The van der Waals surface area contributed by atoms with E-state index < -0.39 is 0 Å². The molecule has 1 saturated heterocycles. The van der Waals surface area contributed by atoms with E-state index in [1.54, 1.807) is 12.1 Å². The van der Waals surface area contributed by atoms with Crippen molar-refractivity contribution < 1.29 is 4.39 Å². The van der Waals surface area contributed by atoms with E-state index in [4.69, 9.17) is 5.73 Å². The highest BCUT2D eigenvalue weighted by molar-refractivity contribution is 5.30. The molecular weight excluding hydrogens is 263 g/mol. The fourth-order valence-electron chi connectivity index (χ4n) is 3.16. The number of hydrogen-bond acceptors (Lipinski definition) is 2. The Morgan fingerprint density at radius 1 is 1.14 bits per heavy atom. The Hall–Kier alpha value is -1.71. The van der Waals surface area contributed by atoms with Crippen molar-refractivity contribution in [3.05, 3.63) is 71.0 Å². The average molecular weight is 284 g/mol. The van der Waals surface area contributed by atoms with Gasteiger partial charge in [-0.2, -0.15) is 0 Å². The predicted molar refractivity (Wildman–Crippen MR) is 83.6 cm³/mol. The minimum absolute atomic E-state index is 0.00925. The predicted octanol–water partition coefficient (Wildman–Crippen LogP) is 3.06. The van der Waals surface area contributed by atoms with Crippen LogP contribution in [0, 0.1) is 12.7 Å². The quantitative estimate of drug-likeness (QED) is 0.938. The van der Waals surface area contributed by atoms with E-state index in [0.717, 1.165) is 30.8 Å². The van der Waals surface area contributed by atoms with E-state index in [2.05, 4.69) is 17.0 Å². The summed E-state index contributed by atoms with van der Waals surface area (Å²) in [7, 11) is 0. The lowest BCUT2D eigenvalue weighted by Crippen LogP contribution is -2.29. The maximum atomic E-state index is 14.1. The molecule has 2 aromatic carbocycles. The molecule has 0 unspecified atom stereocenters. The number of rotatable bonds is 3. The Kier molecular flexibility index (Phi) is 4.04. The molecule has 1 aliphatic rings. The topological polar surface area (TPSA) is 29.3 Å². The van der Waals surface area contributed by atoms with Gasteiger partial charge in [-0.25, -0.2) is 4.39 Å². The average Bonchev–Trinajstić information content (AvgIpc) is 2.83. The van der Waals surface area contributed by atoms with Gasteiger partial charge in [0, 0.05) is 31.6 Å². The van der Waals surface area contributed by atoms with Crippen LogP contribution in [0.25, 0.3) is 0 Å². The number of benzene rings is 2. The van der Waals surface area contributed by atoms with Gasteiger partial charge in [0.25, 0.3) is 0 Å². The highest BCUT2D eigenvalue weighted by Gasteiger charge is 2.32. The van der Waals surface area contributed by atoms with E-state index in [1.165, 1.54) is 5.56 Å². The van der Waals surface area contributed by atoms with Crippen LogP contribution in [0.4, 0.5) is 4.39 Å². The Labute approximate surface area is 125 Å². The summed E-state index contributed by atoms with van der Waals surface area (Å²) in [6.45, 7) is 4.49. The summed E-state index contributed by atoms with van der Waals surface area (Å²) in [6.07, 6.45) is 0. The van der Waals surface area contributed by atoms with Crippen LogP contribution in [-0.2, 0) is 6.54 Å². The fraction of sp³-hybridized carbons (Fsp3) is 0.333. The largest absolute Gasteiger partial charge is 0.326 e. The van der Waals surface area contributed by atoms with Crippen LogP contribution >= 0.6 is 0 Å². The molecule has 0 bridgehead atoms. The third kappa shape index (κ3) is 3.14. The van der Waals surface area contributed by atoms with Crippen molar-refractivity contribution in [3.8, 4) is 0 Å². The smallest absolute Gasteiger partial charge is 0.126 e. The molecule has 0 radical (unpaired) electrons. The Morgan fingerprint density at radius 2 is 1.90 bits per heavy atom. The highest BCUT2D eigenvalue weighted by atomic mass is 19.1. The van der Waals surface area contributed by atoms with Crippen molar-refractivity contribution in [1.82, 2.24) is 4.90 Å². The molecule has 2 N–H and O–H groups in total. The number of hydrogen-bond donors (Lipinski definition) is 1. The zero-order valence-corrected chi connectivity index (χ0v) is 12.3. The van der Waals surface area contributed by atoms with Gasteiger partial charge in [-0.05, 0) is 24.1 Å². The number of aryl methyl sites for hydroxylation is 1. The number of nitrogens with zero attached hydrogens (tertiary/aromatic N) is 1. The highest BCUT2D eigenvalue weighted by Crippen LogP contribution is 2.29. The zero-order chi connectivity index (χ0) is 14.8. The van der Waals surface area contributed by atoms with Gasteiger partial charge in [-0.3, -0.25) is 4.90 Å². The summed E-state index contributed by atoms with van der Waals surface area (Å²) < 4.78 is 14.1. The van der Waals surface area contributed by atoms with Crippen LogP contribution in [-0.4, -0.2) is 24.0 Å². The van der Waals surface area contributed by atoms with Crippen molar-refractivity contribution in [2.45, 2.75) is 25.4 Å². The first-order valence-electron chi connectivity index (χ1n) is 7.41. The van der Waals surface area contributed by atoms with Crippen molar-refractivity contribution in [1.29, 1.82) is 0 Å². The van der Waals surface area contributed by atoms with Crippen molar-refractivity contribution in [3.63, 3.8) is 0 Å². The summed E-state index contributed by atoms with van der Waals surface area (Å²) in [5.74, 6) is -0.0591. The van der Waals surface area contributed by atoms with Gasteiger partial charge in [0.1, 0.15) is 5.82 Å². The molecular formula is C18H21FN2. The van der Waals surface area contributed by atoms with Crippen molar-refractivity contribution in [2.75, 3.05) is 13.1 Å². The lowest BCUT2D eigenvalue weighted by Gasteiger charge is -2.17. The normalized spacial score (nSPS) is 22.6. The van der Waals surface area contributed by atoms with E-state index in [0.29, 0.717) is 0 Å². The van der Waals surface area contributed by atoms with Gasteiger partial charge in [0.05, 0.1) is 0 Å². The molecule has 1 fully saturated rings. The van der Waals surface area contributed by atoms with Crippen LogP contribution in [0.3, 0.4) is 0 Å². The van der Waals surface area contributed by atoms with Crippen molar-refractivity contribution in [2.24, 2.45) is 5.73 Å². The zero-order valence-electron chi connectivity index (χ0n) is 12.3. The summed E-state index contributed by atoms with van der Waals surface area (Å²) in [5.41, 5.74) is 9.38. The second-order valence-electron chi connectivity index (χ2n) is 5.97. The first kappa shape index (κ1) is 14.2. The Morgan fingerprint density at radius 3 is 2.67 bits per heavy atom. The van der Waals surface area contributed by atoms with Gasteiger partial charge in [0.15, 0.2) is 0 Å². The SMILES string of the molecule is Cc1ccc(F)c([C@H]2CN(Cc3ccccc3)C[C@@H]2N)c1. The summed E-state index contributed by atoms with van der Waals surface area (Å²) in [4.78, 5) is 2.31. The third-order valence-corrected chi connectivity index (χ3v) is 4.24. The first-order valence-corrected chi connectivity index (χ1v) is 7.41. The van der Waals surface area contributed by atoms with Gasteiger partial charge >= 0.3 is 0 Å². The molecule has 1 heterocycles. The summed E-state index contributed by atoms with van der Waals surface area (Å²) in [6, 6.07) is 15.6. The molecule has 2 atom stereocenters. The Bertz CT molecular complexity index is 612. The molecule has 3 rings (SSSR count). The van der Waals surface area contributed by atoms with Crippen LogP contribution in [0.15, 0.2) is 48.5 Å². The van der Waals surface area contributed by atoms with Gasteiger partial charge in [-0.15, -0.1) is 0 Å². The molecule has 0 saturated carbocycles. The van der Waals surface area contributed by atoms with E-state index in [-0.39, 0.29) is 17.8 Å². The molecule has 1 aliphatic heterocycles. The number of likely N-dealkylation sites (tertiary alicyclic amines) is 1. The van der Waals surface area contributed by atoms with E-state index >= 15 is 0 Å². The van der Waals surface area contributed by atoms with Crippen LogP contribution < -0.4 is 5.73 Å². The fourth-order valence-corrected chi connectivity index (χ4v) is 3.16. The molecule has 0 spiro atoms. The van der Waals surface area contributed by atoms with Crippen LogP contribution in [0.2, 0.25) is 0 Å². The molecule has 0 aliphatic carbocycles. The standard InChI is InChI=1S/C18H21FN2/c1-13-7-8-17(19)15(9-13)16-11-21(12-18(16)20)10-14-5-3-2-4-6-14/h2-9,16,18H,10-12,20H2,1H3/t16-,18+/m1/s1. The van der Waals surface area contributed by atoms with E-state index in [9.17, 15) is 4.39 Å². The summed E-state index contributed by atoms with van der Waals surface area (Å²) >= 11 is 0. The lowest BCUT2D eigenvalue weighted by molar-refractivity contribution is 0.323. The molecule has 3 heteroatoms. The van der Waals surface area contributed by atoms with Crippen LogP contribution in [0.5, 0.6) is 0 Å². The minimum atomic E-state index is -0.136. The number of nitrogens with two attached hydrogens (primary N) is 1. The molecule has 21 heavy (non-hydrogen) atoms. The van der Waals surface area contributed by atoms with Gasteiger partial charge in [-0.1, -0.05) is 48.0 Å². The third-order valence-electron chi connectivity index (χ3n) is 4.24. The van der Waals surface area contributed by atoms with Gasteiger partial charge < -0.3 is 5.73 Å². The monoisotopic (exact) mass is 284 g/mol. The molecule has 0 aromatic heterocycles. The molecule has 2 aromatic rings. The van der Waals surface area contributed by atoms with Crippen LogP contribution in [0.1, 0.15) is 22.6 Å². The Balaban J connectivity index is 1.75. The second kappa shape index (κ2) is 5.96. The van der Waals surface area contributed by atoms with E-state index in [1.807, 2.05) is 31.2 Å². The number of halogens is 1. The first-order chi connectivity index (χ1) is 10.1.